The standard InChI is InChI=1S/C14H20FN3O2/c1-2-20-14(19)18-7-5-11(6-8-18)17-13-4-3-10(15)9-12(13)16/h3-4,9,11,17H,2,5-8,16H2,1H3. The van der Waals surface area contributed by atoms with Gasteiger partial charge in [-0.1, -0.05) is 0 Å². The van der Waals surface area contributed by atoms with Gasteiger partial charge in [-0.2, -0.15) is 0 Å². The number of carbonyl (C=O) groups is 1. The van der Waals surface area contributed by atoms with Crippen molar-refractivity contribution in [3.05, 3.63) is 24.0 Å². The molecule has 0 aromatic heterocycles. The fourth-order valence-corrected chi connectivity index (χ4v) is 2.31. The van der Waals surface area contributed by atoms with Crippen LogP contribution in [0.25, 0.3) is 0 Å². The van der Waals surface area contributed by atoms with Crippen LogP contribution in [0.2, 0.25) is 0 Å². The number of hydrogen-bond donors (Lipinski definition) is 2. The van der Waals surface area contributed by atoms with E-state index in [0.717, 1.165) is 18.5 Å². The normalized spacial score (nSPS) is 16.0. The van der Waals surface area contributed by atoms with E-state index in [1.54, 1.807) is 17.9 Å². The molecule has 0 unspecified atom stereocenters. The average molecular weight is 281 g/mol. The quantitative estimate of drug-likeness (QED) is 0.835. The van der Waals surface area contributed by atoms with Crippen molar-refractivity contribution in [3.8, 4) is 0 Å². The lowest BCUT2D eigenvalue weighted by Gasteiger charge is -2.32. The van der Waals surface area contributed by atoms with Gasteiger partial charge >= 0.3 is 6.09 Å². The highest BCUT2D eigenvalue weighted by Gasteiger charge is 2.23. The topological polar surface area (TPSA) is 67.6 Å². The maximum absolute atomic E-state index is 13.0. The van der Waals surface area contributed by atoms with Gasteiger partial charge in [-0.25, -0.2) is 9.18 Å². The van der Waals surface area contributed by atoms with Crippen LogP contribution < -0.4 is 11.1 Å². The summed E-state index contributed by atoms with van der Waals surface area (Å²) in [6.07, 6.45) is 1.37. The molecule has 1 aromatic carbocycles. The van der Waals surface area contributed by atoms with E-state index >= 15 is 0 Å². The number of nitrogens with one attached hydrogen (secondary N) is 1. The minimum Gasteiger partial charge on any atom is -0.450 e. The number of nitrogens with zero attached hydrogens (tertiary/aromatic N) is 1. The molecule has 5 nitrogen and oxygen atoms in total. The molecule has 1 saturated heterocycles. The number of likely N-dealkylation sites (tertiary alicyclic amines) is 1. The summed E-state index contributed by atoms with van der Waals surface area (Å²) in [7, 11) is 0. The first-order valence-corrected chi connectivity index (χ1v) is 6.83. The Hall–Kier alpha value is -1.98. The summed E-state index contributed by atoms with van der Waals surface area (Å²) in [6.45, 7) is 3.49. The van der Waals surface area contributed by atoms with Crippen LogP contribution in [0.4, 0.5) is 20.6 Å². The molecule has 0 bridgehead atoms. The number of halogens is 1. The number of nitrogen functional groups attached to an aromatic ring is 1. The summed E-state index contributed by atoms with van der Waals surface area (Å²) in [6, 6.07) is 4.55. The number of ether oxygens (including phenoxy) is 1. The van der Waals surface area contributed by atoms with Crippen molar-refractivity contribution >= 4 is 17.5 Å². The molecule has 0 aliphatic carbocycles. The average Bonchev–Trinajstić information content (AvgIpc) is 2.43. The molecule has 110 valence electrons. The number of hydrogen-bond acceptors (Lipinski definition) is 4. The molecule has 0 atom stereocenters. The van der Waals surface area contributed by atoms with Crippen molar-refractivity contribution < 1.29 is 13.9 Å². The predicted molar refractivity (Wildman–Crippen MR) is 76.1 cm³/mol. The van der Waals surface area contributed by atoms with Crippen molar-refractivity contribution in [1.82, 2.24) is 4.90 Å². The highest BCUT2D eigenvalue weighted by atomic mass is 19.1. The van der Waals surface area contributed by atoms with Gasteiger partial charge in [-0.15, -0.1) is 0 Å². The molecule has 6 heteroatoms. The molecule has 1 aliphatic rings. The third kappa shape index (κ3) is 3.53. The Bertz CT molecular complexity index is 473. The number of anilines is 2. The van der Waals surface area contributed by atoms with Gasteiger partial charge in [0.1, 0.15) is 5.82 Å². The van der Waals surface area contributed by atoms with Crippen LogP contribution in [0.1, 0.15) is 19.8 Å². The Morgan fingerprint density at radius 2 is 2.20 bits per heavy atom. The molecule has 0 spiro atoms. The zero-order valence-electron chi connectivity index (χ0n) is 11.6. The highest BCUT2D eigenvalue weighted by molar-refractivity contribution is 5.68. The van der Waals surface area contributed by atoms with Crippen molar-refractivity contribution in [2.45, 2.75) is 25.8 Å². The summed E-state index contributed by atoms with van der Waals surface area (Å²) in [5.74, 6) is -0.342. The van der Waals surface area contributed by atoms with E-state index in [-0.39, 0.29) is 18.0 Å². The zero-order valence-corrected chi connectivity index (χ0v) is 11.6. The van der Waals surface area contributed by atoms with E-state index in [9.17, 15) is 9.18 Å². The van der Waals surface area contributed by atoms with Crippen molar-refractivity contribution in [1.29, 1.82) is 0 Å². The number of carbonyl (C=O) groups excluding carboxylic acids is 1. The van der Waals surface area contributed by atoms with E-state index in [4.69, 9.17) is 10.5 Å². The lowest BCUT2D eigenvalue weighted by molar-refractivity contribution is 0.0983. The van der Waals surface area contributed by atoms with Gasteiger partial charge in [0.05, 0.1) is 18.0 Å². The second-order valence-electron chi connectivity index (χ2n) is 4.84. The molecule has 1 heterocycles. The molecule has 2 rings (SSSR count). The second-order valence-corrected chi connectivity index (χ2v) is 4.84. The Morgan fingerprint density at radius 3 is 2.80 bits per heavy atom. The van der Waals surface area contributed by atoms with Crippen molar-refractivity contribution in [2.75, 3.05) is 30.7 Å². The highest BCUT2D eigenvalue weighted by Crippen LogP contribution is 2.23. The van der Waals surface area contributed by atoms with Gasteiger partial charge in [0.25, 0.3) is 0 Å². The van der Waals surface area contributed by atoms with Crippen LogP contribution in [0.5, 0.6) is 0 Å². The van der Waals surface area contributed by atoms with Crippen molar-refractivity contribution in [3.63, 3.8) is 0 Å². The molecule has 1 aliphatic heterocycles. The zero-order chi connectivity index (χ0) is 14.5. The van der Waals surface area contributed by atoms with Crippen LogP contribution >= 0.6 is 0 Å². The molecule has 0 radical (unpaired) electrons. The monoisotopic (exact) mass is 281 g/mol. The number of benzene rings is 1. The molecule has 1 amide bonds. The smallest absolute Gasteiger partial charge is 0.409 e. The molecule has 1 aromatic rings. The Kier molecular flexibility index (Phi) is 4.65. The SMILES string of the molecule is CCOC(=O)N1CCC(Nc2ccc(F)cc2N)CC1. The van der Waals surface area contributed by atoms with E-state index in [1.807, 2.05) is 0 Å². The summed E-state index contributed by atoms with van der Waals surface area (Å²) in [4.78, 5) is 13.3. The maximum Gasteiger partial charge on any atom is 0.409 e. The Balaban J connectivity index is 1.86. The Labute approximate surface area is 117 Å². The number of amides is 1. The first kappa shape index (κ1) is 14.4. The van der Waals surface area contributed by atoms with Gasteiger partial charge in [0, 0.05) is 19.1 Å². The van der Waals surface area contributed by atoms with Gasteiger partial charge in [0.2, 0.25) is 0 Å². The molecule has 0 saturated carbocycles. The van der Waals surface area contributed by atoms with E-state index in [1.165, 1.54) is 12.1 Å². The predicted octanol–water partition coefficient (Wildman–Crippen LogP) is 2.44. The summed E-state index contributed by atoms with van der Waals surface area (Å²) in [5.41, 5.74) is 6.90. The molecule has 20 heavy (non-hydrogen) atoms. The molecular weight excluding hydrogens is 261 g/mol. The fraction of sp³-hybridized carbons (Fsp3) is 0.500. The van der Waals surface area contributed by atoms with Gasteiger partial charge in [-0.3, -0.25) is 0 Å². The van der Waals surface area contributed by atoms with Crippen LogP contribution in [0, 0.1) is 5.82 Å². The van der Waals surface area contributed by atoms with Gasteiger partial charge in [-0.05, 0) is 38.0 Å². The van der Waals surface area contributed by atoms with E-state index in [2.05, 4.69) is 5.32 Å². The van der Waals surface area contributed by atoms with Crippen LogP contribution in [-0.4, -0.2) is 36.7 Å². The number of nitrogens with two attached hydrogens (primary N) is 1. The largest absolute Gasteiger partial charge is 0.450 e. The second kappa shape index (κ2) is 6.45. The molecular formula is C14H20FN3O2. The fourth-order valence-electron chi connectivity index (χ4n) is 2.31. The van der Waals surface area contributed by atoms with Crippen LogP contribution in [0.15, 0.2) is 18.2 Å². The third-order valence-electron chi connectivity index (χ3n) is 3.39. The van der Waals surface area contributed by atoms with Crippen LogP contribution in [-0.2, 0) is 4.74 Å². The van der Waals surface area contributed by atoms with E-state index < -0.39 is 0 Å². The van der Waals surface area contributed by atoms with Gasteiger partial charge in [0.15, 0.2) is 0 Å². The minimum absolute atomic E-state index is 0.230. The Morgan fingerprint density at radius 1 is 1.50 bits per heavy atom. The maximum atomic E-state index is 13.0. The first-order valence-electron chi connectivity index (χ1n) is 6.83. The summed E-state index contributed by atoms with van der Waals surface area (Å²) >= 11 is 0. The number of piperidine rings is 1. The lowest BCUT2D eigenvalue weighted by Crippen LogP contribution is -2.42. The lowest BCUT2D eigenvalue weighted by atomic mass is 10.0. The third-order valence-corrected chi connectivity index (χ3v) is 3.39. The number of rotatable bonds is 3. The van der Waals surface area contributed by atoms with Crippen LogP contribution in [0.3, 0.4) is 0 Å². The van der Waals surface area contributed by atoms with E-state index in [0.29, 0.717) is 25.4 Å². The first-order chi connectivity index (χ1) is 9.60. The molecule has 3 N–H and O–H groups in total. The van der Waals surface area contributed by atoms with Crippen molar-refractivity contribution in [2.24, 2.45) is 0 Å². The van der Waals surface area contributed by atoms with Gasteiger partial charge < -0.3 is 20.7 Å². The minimum atomic E-state index is -0.342. The summed E-state index contributed by atoms with van der Waals surface area (Å²) in [5, 5.41) is 3.30. The molecule has 1 fully saturated rings. The summed E-state index contributed by atoms with van der Waals surface area (Å²) < 4.78 is 17.9.